The lowest BCUT2D eigenvalue weighted by molar-refractivity contribution is 0.0685. The van der Waals surface area contributed by atoms with E-state index in [-0.39, 0.29) is 0 Å². The van der Waals surface area contributed by atoms with Crippen molar-refractivity contribution in [1.82, 2.24) is 4.90 Å². The molecule has 0 aliphatic carbocycles. The third kappa shape index (κ3) is 3.43. The van der Waals surface area contributed by atoms with Crippen LogP contribution in [0.25, 0.3) is 0 Å². The summed E-state index contributed by atoms with van der Waals surface area (Å²) < 4.78 is 5.34. The van der Waals surface area contributed by atoms with Crippen molar-refractivity contribution < 1.29 is 4.74 Å². The first-order valence-corrected chi connectivity index (χ1v) is 6.69. The van der Waals surface area contributed by atoms with Gasteiger partial charge in [0.15, 0.2) is 0 Å². The molecule has 1 aliphatic rings. The molecule has 0 atom stereocenters. The molecule has 4 heteroatoms. The molecule has 1 heterocycles. The Bertz CT molecular complexity index is 397. The largest absolute Gasteiger partial charge is 0.378 e. The van der Waals surface area contributed by atoms with Crippen LogP contribution in [0, 0.1) is 0 Å². The van der Waals surface area contributed by atoms with Gasteiger partial charge in [-0.3, -0.25) is 0 Å². The summed E-state index contributed by atoms with van der Waals surface area (Å²) in [6.07, 6.45) is 0.850. The van der Waals surface area contributed by atoms with Crippen LogP contribution in [-0.2, 0) is 11.2 Å². The molecule has 0 amide bonds. The molecule has 1 aliphatic heterocycles. The Balaban J connectivity index is 1.94. The molecule has 0 unspecified atom stereocenters. The highest BCUT2D eigenvalue weighted by Crippen LogP contribution is 2.14. The molecule has 1 saturated heterocycles. The van der Waals surface area contributed by atoms with Crippen molar-refractivity contribution >= 4 is 22.9 Å². The SMILES string of the molecule is CN(C)c1ccc(CC(=S)N2CCOCC2)cc1. The lowest BCUT2D eigenvalue weighted by Crippen LogP contribution is -2.40. The van der Waals surface area contributed by atoms with E-state index in [1.54, 1.807) is 0 Å². The van der Waals surface area contributed by atoms with Crippen LogP contribution in [0.4, 0.5) is 5.69 Å². The average Bonchev–Trinajstić information content (AvgIpc) is 2.40. The summed E-state index contributed by atoms with van der Waals surface area (Å²) in [7, 11) is 4.10. The minimum absolute atomic E-state index is 0.791. The lowest BCUT2D eigenvalue weighted by Gasteiger charge is -2.29. The highest BCUT2D eigenvalue weighted by molar-refractivity contribution is 7.80. The zero-order valence-electron chi connectivity index (χ0n) is 11.1. The summed E-state index contributed by atoms with van der Waals surface area (Å²) in [5.41, 5.74) is 2.49. The van der Waals surface area contributed by atoms with Crippen LogP contribution in [0.3, 0.4) is 0 Å². The number of rotatable bonds is 3. The molecule has 0 radical (unpaired) electrons. The van der Waals surface area contributed by atoms with Crippen molar-refractivity contribution in [2.75, 3.05) is 45.3 Å². The summed E-state index contributed by atoms with van der Waals surface area (Å²) in [6.45, 7) is 3.43. The van der Waals surface area contributed by atoms with Crippen molar-refractivity contribution in [1.29, 1.82) is 0 Å². The normalized spacial score (nSPS) is 15.6. The van der Waals surface area contributed by atoms with Crippen LogP contribution >= 0.6 is 12.2 Å². The maximum Gasteiger partial charge on any atom is 0.0825 e. The third-order valence-corrected chi connectivity index (χ3v) is 3.57. The number of ether oxygens (including phenoxy) is 1. The Labute approximate surface area is 114 Å². The van der Waals surface area contributed by atoms with Crippen molar-refractivity contribution in [2.24, 2.45) is 0 Å². The Morgan fingerprint density at radius 3 is 2.39 bits per heavy atom. The van der Waals surface area contributed by atoms with E-state index in [2.05, 4.69) is 34.1 Å². The Morgan fingerprint density at radius 1 is 1.22 bits per heavy atom. The number of anilines is 1. The first-order valence-electron chi connectivity index (χ1n) is 6.28. The Morgan fingerprint density at radius 2 is 1.83 bits per heavy atom. The maximum absolute atomic E-state index is 5.50. The van der Waals surface area contributed by atoms with Gasteiger partial charge in [-0.15, -0.1) is 0 Å². The molecule has 0 spiro atoms. The third-order valence-electron chi connectivity index (χ3n) is 3.17. The summed E-state index contributed by atoms with van der Waals surface area (Å²) in [5, 5.41) is 0. The standard InChI is InChI=1S/C14H20N2OS/c1-15(2)13-5-3-12(4-6-13)11-14(18)16-7-9-17-10-8-16/h3-6H,7-11H2,1-2H3. The zero-order chi connectivity index (χ0) is 13.0. The Hall–Kier alpha value is -1.13. The molecule has 1 fully saturated rings. The molecule has 0 N–H and O–H groups in total. The second-order valence-corrected chi connectivity index (χ2v) is 5.20. The second-order valence-electron chi connectivity index (χ2n) is 4.73. The molecule has 1 aromatic rings. The minimum atomic E-state index is 0.791. The van der Waals surface area contributed by atoms with Crippen molar-refractivity contribution in [3.05, 3.63) is 29.8 Å². The first-order chi connectivity index (χ1) is 8.66. The van der Waals surface area contributed by atoms with Crippen LogP contribution in [0.5, 0.6) is 0 Å². The van der Waals surface area contributed by atoms with E-state index in [0.29, 0.717) is 0 Å². The van der Waals surface area contributed by atoms with E-state index >= 15 is 0 Å². The highest BCUT2D eigenvalue weighted by Gasteiger charge is 2.13. The summed E-state index contributed by atoms with van der Waals surface area (Å²) in [5.74, 6) is 0. The van der Waals surface area contributed by atoms with Crippen LogP contribution < -0.4 is 4.90 Å². The number of morpholine rings is 1. The van der Waals surface area contributed by atoms with Gasteiger partial charge in [-0.25, -0.2) is 0 Å². The lowest BCUT2D eigenvalue weighted by atomic mass is 10.1. The Kier molecular flexibility index (Phi) is 4.55. The number of hydrogen-bond donors (Lipinski definition) is 0. The fourth-order valence-electron chi connectivity index (χ4n) is 2.01. The van der Waals surface area contributed by atoms with E-state index < -0.39 is 0 Å². The van der Waals surface area contributed by atoms with E-state index in [0.717, 1.165) is 37.7 Å². The van der Waals surface area contributed by atoms with Crippen molar-refractivity contribution in [3.63, 3.8) is 0 Å². The number of thiocarbonyl (C=S) groups is 1. The fourth-order valence-corrected chi connectivity index (χ4v) is 2.36. The van der Waals surface area contributed by atoms with E-state index in [4.69, 9.17) is 17.0 Å². The molecule has 98 valence electrons. The molecule has 0 bridgehead atoms. The number of benzene rings is 1. The van der Waals surface area contributed by atoms with Gasteiger partial charge in [0, 0.05) is 39.3 Å². The predicted molar refractivity (Wildman–Crippen MR) is 79.5 cm³/mol. The molecule has 0 aromatic heterocycles. The van der Waals surface area contributed by atoms with Crippen molar-refractivity contribution in [3.8, 4) is 0 Å². The molecular formula is C14H20N2OS. The van der Waals surface area contributed by atoms with Gasteiger partial charge in [0.25, 0.3) is 0 Å². The van der Waals surface area contributed by atoms with E-state index in [1.807, 2.05) is 14.1 Å². The van der Waals surface area contributed by atoms with Gasteiger partial charge in [0.05, 0.1) is 18.2 Å². The van der Waals surface area contributed by atoms with Gasteiger partial charge in [0.2, 0.25) is 0 Å². The predicted octanol–water partition coefficient (Wildman–Crippen LogP) is 1.95. The fraction of sp³-hybridized carbons (Fsp3) is 0.500. The molecule has 1 aromatic carbocycles. The molecule has 2 rings (SSSR count). The number of hydrogen-bond acceptors (Lipinski definition) is 3. The number of nitrogens with zero attached hydrogens (tertiary/aromatic N) is 2. The topological polar surface area (TPSA) is 15.7 Å². The van der Waals surface area contributed by atoms with Gasteiger partial charge in [-0.05, 0) is 17.7 Å². The van der Waals surface area contributed by atoms with Crippen LogP contribution in [-0.4, -0.2) is 50.3 Å². The monoisotopic (exact) mass is 264 g/mol. The van der Waals surface area contributed by atoms with Crippen LogP contribution in [0.1, 0.15) is 5.56 Å². The van der Waals surface area contributed by atoms with E-state index in [9.17, 15) is 0 Å². The zero-order valence-corrected chi connectivity index (χ0v) is 11.9. The average molecular weight is 264 g/mol. The first kappa shape index (κ1) is 13.3. The van der Waals surface area contributed by atoms with Crippen LogP contribution in [0.15, 0.2) is 24.3 Å². The van der Waals surface area contributed by atoms with Crippen LogP contribution in [0.2, 0.25) is 0 Å². The van der Waals surface area contributed by atoms with Gasteiger partial charge in [-0.2, -0.15) is 0 Å². The quantitative estimate of drug-likeness (QED) is 0.775. The van der Waals surface area contributed by atoms with Gasteiger partial charge in [-0.1, -0.05) is 24.4 Å². The minimum Gasteiger partial charge on any atom is -0.378 e. The van der Waals surface area contributed by atoms with E-state index in [1.165, 1.54) is 11.3 Å². The maximum atomic E-state index is 5.50. The van der Waals surface area contributed by atoms with Gasteiger partial charge in [0.1, 0.15) is 0 Å². The highest BCUT2D eigenvalue weighted by atomic mass is 32.1. The second kappa shape index (κ2) is 6.16. The molecule has 3 nitrogen and oxygen atoms in total. The van der Waals surface area contributed by atoms with Gasteiger partial charge < -0.3 is 14.5 Å². The van der Waals surface area contributed by atoms with Gasteiger partial charge >= 0.3 is 0 Å². The van der Waals surface area contributed by atoms with Crippen molar-refractivity contribution in [2.45, 2.75) is 6.42 Å². The molecular weight excluding hydrogens is 244 g/mol. The summed E-state index contributed by atoms with van der Waals surface area (Å²) in [6, 6.07) is 8.58. The summed E-state index contributed by atoms with van der Waals surface area (Å²) >= 11 is 5.50. The molecule has 0 saturated carbocycles. The smallest absolute Gasteiger partial charge is 0.0825 e. The summed E-state index contributed by atoms with van der Waals surface area (Å²) in [4.78, 5) is 5.37. The molecule has 18 heavy (non-hydrogen) atoms.